The standard InChI is InChI=1S/C9H16ClN3O/c1-7(2)11-4-9(14)6-13-5-8(10)3-12-13/h3,5,7,9,11,14H,4,6H2,1-2H3. The molecule has 1 unspecified atom stereocenters. The van der Waals surface area contributed by atoms with Crippen LogP contribution in [0.5, 0.6) is 0 Å². The fourth-order valence-electron chi connectivity index (χ4n) is 1.09. The van der Waals surface area contributed by atoms with Gasteiger partial charge in [0, 0.05) is 18.8 Å². The predicted octanol–water partition coefficient (Wildman–Crippen LogP) is 0.895. The third-order valence-corrected chi connectivity index (χ3v) is 1.96. The number of aliphatic hydroxyl groups is 1. The zero-order chi connectivity index (χ0) is 10.6. The minimum absolute atomic E-state index is 0.380. The number of rotatable bonds is 5. The minimum Gasteiger partial charge on any atom is -0.390 e. The molecule has 14 heavy (non-hydrogen) atoms. The first-order valence-corrected chi connectivity index (χ1v) is 5.05. The number of aliphatic hydroxyl groups excluding tert-OH is 1. The lowest BCUT2D eigenvalue weighted by molar-refractivity contribution is 0.144. The molecule has 1 atom stereocenters. The fraction of sp³-hybridized carbons (Fsp3) is 0.667. The number of halogens is 1. The van der Waals surface area contributed by atoms with Crippen LogP contribution in [0, 0.1) is 0 Å². The highest BCUT2D eigenvalue weighted by molar-refractivity contribution is 6.30. The van der Waals surface area contributed by atoms with Crippen molar-refractivity contribution < 1.29 is 5.11 Å². The van der Waals surface area contributed by atoms with Gasteiger partial charge in [-0.3, -0.25) is 4.68 Å². The van der Waals surface area contributed by atoms with Crippen molar-refractivity contribution in [3.8, 4) is 0 Å². The van der Waals surface area contributed by atoms with Gasteiger partial charge in [-0.1, -0.05) is 25.4 Å². The van der Waals surface area contributed by atoms with Gasteiger partial charge < -0.3 is 10.4 Å². The first kappa shape index (κ1) is 11.5. The summed E-state index contributed by atoms with van der Waals surface area (Å²) in [7, 11) is 0. The van der Waals surface area contributed by atoms with Gasteiger partial charge in [0.1, 0.15) is 0 Å². The first-order valence-electron chi connectivity index (χ1n) is 4.67. The molecule has 0 bridgehead atoms. The molecule has 1 aromatic heterocycles. The summed E-state index contributed by atoms with van der Waals surface area (Å²) >= 11 is 5.69. The smallest absolute Gasteiger partial charge is 0.0860 e. The SMILES string of the molecule is CC(C)NCC(O)Cn1cc(Cl)cn1. The maximum atomic E-state index is 9.59. The van der Waals surface area contributed by atoms with Crippen LogP contribution in [0.4, 0.5) is 0 Å². The molecular formula is C9H16ClN3O. The third kappa shape index (κ3) is 4.09. The maximum absolute atomic E-state index is 9.59. The van der Waals surface area contributed by atoms with Gasteiger partial charge in [0.2, 0.25) is 0 Å². The second kappa shape index (κ2) is 5.34. The van der Waals surface area contributed by atoms with Crippen molar-refractivity contribution in [1.82, 2.24) is 15.1 Å². The normalized spacial score (nSPS) is 13.5. The lowest BCUT2D eigenvalue weighted by atomic mass is 10.3. The van der Waals surface area contributed by atoms with Crippen LogP contribution in [0.15, 0.2) is 12.4 Å². The molecule has 1 rings (SSSR count). The van der Waals surface area contributed by atoms with E-state index in [2.05, 4.69) is 10.4 Å². The van der Waals surface area contributed by atoms with Gasteiger partial charge >= 0.3 is 0 Å². The average Bonchev–Trinajstić information content (AvgIpc) is 2.48. The van der Waals surface area contributed by atoms with E-state index < -0.39 is 6.10 Å². The Morgan fingerprint density at radius 1 is 1.64 bits per heavy atom. The van der Waals surface area contributed by atoms with Gasteiger partial charge in [0.25, 0.3) is 0 Å². The van der Waals surface area contributed by atoms with Crippen molar-refractivity contribution in [2.45, 2.75) is 32.5 Å². The summed E-state index contributed by atoms with van der Waals surface area (Å²) in [5.41, 5.74) is 0. The van der Waals surface area contributed by atoms with Crippen LogP contribution in [-0.2, 0) is 6.54 Å². The summed E-state index contributed by atoms with van der Waals surface area (Å²) in [5.74, 6) is 0. The van der Waals surface area contributed by atoms with Crippen molar-refractivity contribution in [1.29, 1.82) is 0 Å². The van der Waals surface area contributed by atoms with Crippen molar-refractivity contribution in [3.05, 3.63) is 17.4 Å². The van der Waals surface area contributed by atoms with Crippen molar-refractivity contribution >= 4 is 11.6 Å². The average molecular weight is 218 g/mol. The monoisotopic (exact) mass is 217 g/mol. The van der Waals surface area contributed by atoms with E-state index in [-0.39, 0.29) is 0 Å². The summed E-state index contributed by atoms with van der Waals surface area (Å²) < 4.78 is 1.63. The zero-order valence-corrected chi connectivity index (χ0v) is 9.20. The van der Waals surface area contributed by atoms with E-state index in [1.54, 1.807) is 17.1 Å². The second-order valence-corrected chi connectivity index (χ2v) is 4.03. The predicted molar refractivity (Wildman–Crippen MR) is 56.4 cm³/mol. The molecule has 0 saturated carbocycles. The molecular weight excluding hydrogens is 202 g/mol. The number of hydrogen-bond donors (Lipinski definition) is 2. The van der Waals surface area contributed by atoms with Crippen molar-refractivity contribution in [2.24, 2.45) is 0 Å². The molecule has 0 saturated heterocycles. The molecule has 1 heterocycles. The van der Waals surface area contributed by atoms with Crippen molar-refractivity contribution in [3.63, 3.8) is 0 Å². The van der Waals surface area contributed by atoms with E-state index in [0.717, 1.165) is 0 Å². The Morgan fingerprint density at radius 3 is 2.86 bits per heavy atom. The Bertz CT molecular complexity index is 275. The van der Waals surface area contributed by atoms with E-state index in [9.17, 15) is 5.11 Å². The maximum Gasteiger partial charge on any atom is 0.0860 e. The Balaban J connectivity index is 2.30. The summed E-state index contributed by atoms with van der Waals surface area (Å²) in [6, 6.07) is 0.380. The summed E-state index contributed by atoms with van der Waals surface area (Å²) in [4.78, 5) is 0. The van der Waals surface area contributed by atoms with Crippen LogP contribution >= 0.6 is 11.6 Å². The van der Waals surface area contributed by atoms with Gasteiger partial charge in [-0.15, -0.1) is 0 Å². The van der Waals surface area contributed by atoms with Gasteiger partial charge in [0.15, 0.2) is 0 Å². The van der Waals surface area contributed by atoms with Crippen LogP contribution in [0.3, 0.4) is 0 Å². The second-order valence-electron chi connectivity index (χ2n) is 3.60. The molecule has 4 nitrogen and oxygen atoms in total. The zero-order valence-electron chi connectivity index (χ0n) is 8.44. The Morgan fingerprint density at radius 2 is 2.36 bits per heavy atom. The lowest BCUT2D eigenvalue weighted by Gasteiger charge is -2.13. The molecule has 2 N–H and O–H groups in total. The molecule has 5 heteroatoms. The van der Waals surface area contributed by atoms with E-state index in [4.69, 9.17) is 11.6 Å². The topological polar surface area (TPSA) is 50.1 Å². The van der Waals surface area contributed by atoms with E-state index in [1.165, 1.54) is 0 Å². The molecule has 0 spiro atoms. The molecule has 1 aromatic rings. The lowest BCUT2D eigenvalue weighted by Crippen LogP contribution is -2.34. The number of nitrogens with one attached hydrogen (secondary N) is 1. The van der Waals surface area contributed by atoms with Crippen LogP contribution in [-0.4, -0.2) is 33.6 Å². The van der Waals surface area contributed by atoms with Gasteiger partial charge in [-0.2, -0.15) is 5.10 Å². The Hall–Kier alpha value is -0.580. The molecule has 0 amide bonds. The minimum atomic E-state index is -0.437. The van der Waals surface area contributed by atoms with Crippen LogP contribution in [0.25, 0.3) is 0 Å². The van der Waals surface area contributed by atoms with Crippen LogP contribution in [0.1, 0.15) is 13.8 Å². The molecule has 0 aromatic carbocycles. The molecule has 0 radical (unpaired) electrons. The van der Waals surface area contributed by atoms with Gasteiger partial charge in [0.05, 0.1) is 23.9 Å². The van der Waals surface area contributed by atoms with E-state index in [0.29, 0.717) is 24.2 Å². The molecule has 0 aliphatic heterocycles. The van der Waals surface area contributed by atoms with E-state index >= 15 is 0 Å². The summed E-state index contributed by atoms with van der Waals surface area (Å²) in [6.45, 7) is 5.11. The molecule has 80 valence electrons. The molecule has 0 aliphatic rings. The van der Waals surface area contributed by atoms with Gasteiger partial charge in [-0.25, -0.2) is 0 Å². The Labute approximate surface area is 88.9 Å². The largest absolute Gasteiger partial charge is 0.390 e. The molecule has 0 fully saturated rings. The fourth-order valence-corrected chi connectivity index (χ4v) is 1.25. The number of nitrogens with zero attached hydrogens (tertiary/aromatic N) is 2. The summed E-state index contributed by atoms with van der Waals surface area (Å²) in [6.07, 6.45) is 2.82. The molecule has 0 aliphatic carbocycles. The third-order valence-electron chi connectivity index (χ3n) is 1.76. The van der Waals surface area contributed by atoms with Crippen molar-refractivity contribution in [2.75, 3.05) is 6.54 Å². The van der Waals surface area contributed by atoms with Crippen LogP contribution in [0.2, 0.25) is 5.02 Å². The Kier molecular flexibility index (Phi) is 4.38. The van der Waals surface area contributed by atoms with Gasteiger partial charge in [-0.05, 0) is 0 Å². The summed E-state index contributed by atoms with van der Waals surface area (Å²) in [5, 5.41) is 17.3. The first-order chi connectivity index (χ1) is 6.58. The van der Waals surface area contributed by atoms with E-state index in [1.807, 2.05) is 13.8 Å². The number of aromatic nitrogens is 2. The number of hydrogen-bond acceptors (Lipinski definition) is 3. The highest BCUT2D eigenvalue weighted by Crippen LogP contribution is 2.04. The quantitative estimate of drug-likeness (QED) is 0.771. The highest BCUT2D eigenvalue weighted by Gasteiger charge is 2.06. The van der Waals surface area contributed by atoms with Crippen LogP contribution < -0.4 is 5.32 Å². The highest BCUT2D eigenvalue weighted by atomic mass is 35.5.